The molecule has 0 saturated carbocycles. The molecule has 0 radical (unpaired) electrons. The van der Waals surface area contributed by atoms with E-state index in [1.54, 1.807) is 0 Å². The minimum atomic E-state index is -0.0266. The van der Waals surface area contributed by atoms with E-state index in [0.717, 1.165) is 12.8 Å². The SMILES string of the molecule is C=CCCCC(=O)C(C)C(C)N. The third-order valence-corrected chi connectivity index (χ3v) is 2.13. The number of rotatable bonds is 6. The molecule has 2 N–H and O–H groups in total. The highest BCUT2D eigenvalue weighted by molar-refractivity contribution is 5.81. The van der Waals surface area contributed by atoms with Crippen molar-refractivity contribution in [2.75, 3.05) is 0 Å². The second-order valence-corrected chi connectivity index (χ2v) is 3.30. The van der Waals surface area contributed by atoms with Crippen LogP contribution in [0.1, 0.15) is 33.1 Å². The molecule has 0 aromatic heterocycles. The Hall–Kier alpha value is -0.630. The lowest BCUT2D eigenvalue weighted by molar-refractivity contribution is -0.122. The van der Waals surface area contributed by atoms with E-state index in [4.69, 9.17) is 5.73 Å². The van der Waals surface area contributed by atoms with E-state index < -0.39 is 0 Å². The van der Waals surface area contributed by atoms with Crippen LogP contribution in [0.25, 0.3) is 0 Å². The summed E-state index contributed by atoms with van der Waals surface area (Å²) in [6, 6.07) is -0.0266. The molecule has 0 amide bonds. The lowest BCUT2D eigenvalue weighted by Gasteiger charge is -2.13. The van der Waals surface area contributed by atoms with Crippen molar-refractivity contribution in [2.24, 2.45) is 11.7 Å². The van der Waals surface area contributed by atoms with Gasteiger partial charge in [0.05, 0.1) is 0 Å². The predicted molar refractivity (Wildman–Crippen MR) is 51.9 cm³/mol. The molecule has 0 aromatic carbocycles. The Morgan fingerprint density at radius 3 is 2.58 bits per heavy atom. The van der Waals surface area contributed by atoms with E-state index in [-0.39, 0.29) is 17.7 Å². The Balaban J connectivity index is 3.64. The average Bonchev–Trinajstić information content (AvgIpc) is 2.03. The van der Waals surface area contributed by atoms with Crippen molar-refractivity contribution in [3.63, 3.8) is 0 Å². The number of ketones is 1. The maximum Gasteiger partial charge on any atom is 0.137 e. The fourth-order valence-electron chi connectivity index (χ4n) is 0.942. The van der Waals surface area contributed by atoms with Crippen molar-refractivity contribution in [2.45, 2.75) is 39.2 Å². The molecule has 70 valence electrons. The molecule has 0 aromatic rings. The minimum Gasteiger partial charge on any atom is -0.327 e. The number of allylic oxidation sites excluding steroid dienone is 1. The molecule has 2 unspecified atom stereocenters. The van der Waals surface area contributed by atoms with Crippen LogP contribution in [0.15, 0.2) is 12.7 Å². The van der Waals surface area contributed by atoms with Gasteiger partial charge >= 0.3 is 0 Å². The molecule has 0 rings (SSSR count). The van der Waals surface area contributed by atoms with Gasteiger partial charge in [-0.25, -0.2) is 0 Å². The van der Waals surface area contributed by atoms with Gasteiger partial charge in [0.2, 0.25) is 0 Å². The smallest absolute Gasteiger partial charge is 0.137 e. The Kier molecular flexibility index (Phi) is 5.64. The summed E-state index contributed by atoms with van der Waals surface area (Å²) in [7, 11) is 0. The molecule has 0 heterocycles. The summed E-state index contributed by atoms with van der Waals surface area (Å²) >= 11 is 0. The van der Waals surface area contributed by atoms with Crippen molar-refractivity contribution >= 4 is 5.78 Å². The quantitative estimate of drug-likeness (QED) is 0.487. The van der Waals surface area contributed by atoms with E-state index in [0.29, 0.717) is 6.42 Å². The first-order chi connectivity index (χ1) is 5.59. The van der Waals surface area contributed by atoms with Crippen LogP contribution in [0.4, 0.5) is 0 Å². The third kappa shape index (κ3) is 4.29. The van der Waals surface area contributed by atoms with Gasteiger partial charge in [0.1, 0.15) is 5.78 Å². The molecule has 2 heteroatoms. The topological polar surface area (TPSA) is 43.1 Å². The minimum absolute atomic E-state index is 0.00480. The van der Waals surface area contributed by atoms with E-state index in [2.05, 4.69) is 6.58 Å². The summed E-state index contributed by atoms with van der Waals surface area (Å²) in [6.45, 7) is 7.36. The number of hydrogen-bond acceptors (Lipinski definition) is 2. The van der Waals surface area contributed by atoms with Crippen LogP contribution >= 0.6 is 0 Å². The molecule has 12 heavy (non-hydrogen) atoms. The molecular formula is C10H19NO. The summed E-state index contributed by atoms with van der Waals surface area (Å²) in [6.07, 6.45) is 4.29. The second-order valence-electron chi connectivity index (χ2n) is 3.30. The van der Waals surface area contributed by atoms with E-state index >= 15 is 0 Å². The Morgan fingerprint density at radius 2 is 2.17 bits per heavy atom. The van der Waals surface area contributed by atoms with E-state index in [9.17, 15) is 4.79 Å². The molecular weight excluding hydrogens is 150 g/mol. The Labute approximate surface area is 74.8 Å². The highest BCUT2D eigenvalue weighted by atomic mass is 16.1. The zero-order valence-electron chi connectivity index (χ0n) is 8.05. The van der Waals surface area contributed by atoms with Crippen LogP contribution in [0.3, 0.4) is 0 Å². The monoisotopic (exact) mass is 169 g/mol. The lowest BCUT2D eigenvalue weighted by atomic mass is 9.96. The molecule has 0 aliphatic rings. The van der Waals surface area contributed by atoms with Gasteiger partial charge in [0.25, 0.3) is 0 Å². The standard InChI is InChI=1S/C10H19NO/c1-4-5-6-7-10(12)8(2)9(3)11/h4,8-9H,1,5-7,11H2,2-3H3. The number of nitrogens with two attached hydrogens (primary N) is 1. The van der Waals surface area contributed by atoms with Gasteiger partial charge < -0.3 is 5.73 Å². The van der Waals surface area contributed by atoms with Crippen molar-refractivity contribution in [3.8, 4) is 0 Å². The van der Waals surface area contributed by atoms with Crippen LogP contribution in [0.2, 0.25) is 0 Å². The molecule has 0 aliphatic carbocycles. The molecule has 2 nitrogen and oxygen atoms in total. The summed E-state index contributed by atoms with van der Waals surface area (Å²) in [5, 5.41) is 0. The third-order valence-electron chi connectivity index (χ3n) is 2.13. The molecule has 0 spiro atoms. The van der Waals surface area contributed by atoms with Crippen molar-refractivity contribution in [1.29, 1.82) is 0 Å². The number of hydrogen-bond donors (Lipinski definition) is 1. The van der Waals surface area contributed by atoms with Gasteiger partial charge in [-0.05, 0) is 19.8 Å². The first-order valence-electron chi connectivity index (χ1n) is 4.48. The summed E-state index contributed by atoms with van der Waals surface area (Å²) in [4.78, 5) is 11.3. The van der Waals surface area contributed by atoms with E-state index in [1.165, 1.54) is 0 Å². The number of Topliss-reactive ketones (excluding diaryl/α,β-unsaturated/α-hetero) is 1. The van der Waals surface area contributed by atoms with E-state index in [1.807, 2.05) is 19.9 Å². The number of unbranched alkanes of at least 4 members (excludes halogenated alkanes) is 1. The molecule has 0 fully saturated rings. The fraction of sp³-hybridized carbons (Fsp3) is 0.700. The van der Waals surface area contributed by atoms with Crippen molar-refractivity contribution < 1.29 is 4.79 Å². The van der Waals surface area contributed by atoms with Crippen molar-refractivity contribution in [3.05, 3.63) is 12.7 Å². The van der Waals surface area contributed by atoms with Gasteiger partial charge in [-0.3, -0.25) is 4.79 Å². The normalized spacial score (nSPS) is 15.2. The fourth-order valence-corrected chi connectivity index (χ4v) is 0.942. The highest BCUT2D eigenvalue weighted by Crippen LogP contribution is 2.07. The Morgan fingerprint density at radius 1 is 1.58 bits per heavy atom. The lowest BCUT2D eigenvalue weighted by Crippen LogP contribution is -2.30. The maximum atomic E-state index is 11.3. The average molecular weight is 169 g/mol. The summed E-state index contributed by atoms with van der Waals surface area (Å²) < 4.78 is 0. The largest absolute Gasteiger partial charge is 0.327 e. The van der Waals surface area contributed by atoms with Gasteiger partial charge in [0.15, 0.2) is 0 Å². The van der Waals surface area contributed by atoms with Crippen LogP contribution in [0.5, 0.6) is 0 Å². The summed E-state index contributed by atoms with van der Waals surface area (Å²) in [5.74, 6) is 0.265. The van der Waals surface area contributed by atoms with Crippen LogP contribution in [-0.2, 0) is 4.79 Å². The molecule has 0 saturated heterocycles. The maximum absolute atomic E-state index is 11.3. The second kappa shape index (κ2) is 5.95. The highest BCUT2D eigenvalue weighted by Gasteiger charge is 2.15. The number of carbonyl (C=O) groups excluding carboxylic acids is 1. The summed E-state index contributed by atoms with van der Waals surface area (Å²) in [5.41, 5.74) is 5.60. The van der Waals surface area contributed by atoms with Gasteiger partial charge in [-0.15, -0.1) is 6.58 Å². The Bertz CT molecular complexity index is 152. The molecule has 2 atom stereocenters. The molecule has 0 bridgehead atoms. The first-order valence-corrected chi connectivity index (χ1v) is 4.48. The molecule has 0 aliphatic heterocycles. The van der Waals surface area contributed by atoms with Gasteiger partial charge in [-0.2, -0.15) is 0 Å². The van der Waals surface area contributed by atoms with Gasteiger partial charge in [-0.1, -0.05) is 13.0 Å². The zero-order valence-corrected chi connectivity index (χ0v) is 8.05. The number of carbonyl (C=O) groups is 1. The first kappa shape index (κ1) is 11.4. The zero-order chi connectivity index (χ0) is 9.56. The van der Waals surface area contributed by atoms with Crippen LogP contribution < -0.4 is 5.73 Å². The van der Waals surface area contributed by atoms with Crippen molar-refractivity contribution in [1.82, 2.24) is 0 Å². The van der Waals surface area contributed by atoms with Gasteiger partial charge in [0, 0.05) is 18.4 Å². The predicted octanol–water partition coefficient (Wildman–Crippen LogP) is 1.90. The van der Waals surface area contributed by atoms with Crippen LogP contribution in [-0.4, -0.2) is 11.8 Å². The van der Waals surface area contributed by atoms with Crippen LogP contribution in [0, 0.1) is 5.92 Å².